The molecule has 1 saturated carbocycles. The topological polar surface area (TPSA) is 29.1 Å². The van der Waals surface area contributed by atoms with Crippen LogP contribution in [-0.4, -0.2) is 12.3 Å². The summed E-state index contributed by atoms with van der Waals surface area (Å²) in [7, 11) is 0. The third kappa shape index (κ3) is 2.35. The first-order chi connectivity index (χ1) is 7.29. The monoisotopic (exact) mass is 207 g/mol. The fourth-order valence-corrected chi connectivity index (χ4v) is 2.12. The summed E-state index contributed by atoms with van der Waals surface area (Å²) in [5.74, 6) is -0.172. The van der Waals surface area contributed by atoms with Crippen molar-refractivity contribution in [1.29, 1.82) is 0 Å². The molecule has 0 aliphatic heterocycles. The fraction of sp³-hybridized carbons (Fsp3) is 0.417. The van der Waals surface area contributed by atoms with E-state index in [0.717, 1.165) is 31.2 Å². The Morgan fingerprint density at radius 1 is 1.40 bits per heavy atom. The first-order valence-corrected chi connectivity index (χ1v) is 5.27. The molecule has 0 radical (unpaired) electrons. The van der Waals surface area contributed by atoms with Gasteiger partial charge in [0, 0.05) is 17.6 Å². The van der Waals surface area contributed by atoms with E-state index in [2.05, 4.69) is 5.32 Å². The van der Waals surface area contributed by atoms with Crippen molar-refractivity contribution in [2.24, 2.45) is 5.92 Å². The molecule has 2 unspecified atom stereocenters. The van der Waals surface area contributed by atoms with Gasteiger partial charge in [-0.1, -0.05) is 12.5 Å². The lowest BCUT2D eigenvalue weighted by molar-refractivity contribution is -0.111. The Morgan fingerprint density at radius 2 is 2.27 bits per heavy atom. The molecule has 1 aromatic carbocycles. The van der Waals surface area contributed by atoms with Gasteiger partial charge < -0.3 is 10.1 Å². The van der Waals surface area contributed by atoms with Gasteiger partial charge in [-0.3, -0.25) is 0 Å². The first kappa shape index (κ1) is 10.1. The highest BCUT2D eigenvalue weighted by Gasteiger charge is 2.26. The summed E-state index contributed by atoms with van der Waals surface area (Å²) < 4.78 is 12.9. The second-order valence-electron chi connectivity index (χ2n) is 3.99. The van der Waals surface area contributed by atoms with Crippen LogP contribution in [0.15, 0.2) is 24.3 Å². The van der Waals surface area contributed by atoms with Crippen LogP contribution >= 0.6 is 0 Å². The molecule has 0 heterocycles. The van der Waals surface area contributed by atoms with E-state index in [9.17, 15) is 9.18 Å². The molecule has 15 heavy (non-hydrogen) atoms. The van der Waals surface area contributed by atoms with Crippen molar-refractivity contribution in [2.45, 2.75) is 25.3 Å². The number of anilines is 1. The lowest BCUT2D eigenvalue weighted by atomic mass is 10.1. The van der Waals surface area contributed by atoms with Gasteiger partial charge in [0.2, 0.25) is 0 Å². The molecule has 0 saturated heterocycles. The number of hydrogen-bond donors (Lipinski definition) is 1. The summed E-state index contributed by atoms with van der Waals surface area (Å²) in [4.78, 5) is 10.8. The number of halogens is 1. The zero-order valence-electron chi connectivity index (χ0n) is 8.45. The second kappa shape index (κ2) is 4.43. The van der Waals surface area contributed by atoms with Crippen molar-refractivity contribution in [3.05, 3.63) is 30.1 Å². The standard InChI is InChI=1S/C12H14FNO/c13-10-4-2-5-11(7-10)14-12-6-1-3-9(12)8-15/h2,4-5,7-9,12,14H,1,3,6H2. The van der Waals surface area contributed by atoms with Gasteiger partial charge in [0.05, 0.1) is 0 Å². The molecular weight excluding hydrogens is 193 g/mol. The highest BCUT2D eigenvalue weighted by Crippen LogP contribution is 2.27. The molecule has 0 spiro atoms. The Balaban J connectivity index is 2.05. The molecule has 1 aromatic rings. The van der Waals surface area contributed by atoms with Crippen LogP contribution in [0, 0.1) is 11.7 Å². The number of carbonyl (C=O) groups is 1. The van der Waals surface area contributed by atoms with Crippen molar-refractivity contribution in [1.82, 2.24) is 0 Å². The van der Waals surface area contributed by atoms with Crippen LogP contribution in [0.2, 0.25) is 0 Å². The summed E-state index contributed by atoms with van der Waals surface area (Å²) in [6, 6.07) is 6.53. The molecule has 1 aliphatic rings. The lowest BCUT2D eigenvalue weighted by Crippen LogP contribution is -2.24. The molecule has 80 valence electrons. The minimum atomic E-state index is -0.249. The average molecular weight is 207 g/mol. The van der Waals surface area contributed by atoms with Crippen molar-refractivity contribution in [3.8, 4) is 0 Å². The Hall–Kier alpha value is -1.38. The summed E-state index contributed by atoms with van der Waals surface area (Å²) in [6.07, 6.45) is 4.00. The Labute approximate surface area is 88.5 Å². The first-order valence-electron chi connectivity index (χ1n) is 5.27. The van der Waals surface area contributed by atoms with Crippen molar-refractivity contribution in [3.63, 3.8) is 0 Å². The van der Waals surface area contributed by atoms with Crippen LogP contribution in [0.4, 0.5) is 10.1 Å². The second-order valence-corrected chi connectivity index (χ2v) is 3.99. The number of rotatable bonds is 3. The van der Waals surface area contributed by atoms with E-state index >= 15 is 0 Å². The third-order valence-corrected chi connectivity index (χ3v) is 2.92. The van der Waals surface area contributed by atoms with Gasteiger partial charge in [-0.15, -0.1) is 0 Å². The number of benzene rings is 1. The van der Waals surface area contributed by atoms with E-state index in [-0.39, 0.29) is 17.8 Å². The molecule has 0 bridgehead atoms. The normalized spacial score (nSPS) is 25.1. The van der Waals surface area contributed by atoms with Crippen LogP contribution in [-0.2, 0) is 4.79 Å². The van der Waals surface area contributed by atoms with E-state index in [0.29, 0.717) is 0 Å². The highest BCUT2D eigenvalue weighted by molar-refractivity contribution is 5.57. The van der Waals surface area contributed by atoms with Gasteiger partial charge in [-0.05, 0) is 31.0 Å². The minimum absolute atomic E-state index is 0.0771. The maximum absolute atomic E-state index is 12.9. The number of nitrogens with one attached hydrogen (secondary N) is 1. The summed E-state index contributed by atoms with van der Waals surface area (Å²) in [6.45, 7) is 0. The van der Waals surface area contributed by atoms with Crippen LogP contribution in [0.5, 0.6) is 0 Å². The molecule has 2 nitrogen and oxygen atoms in total. The number of carbonyl (C=O) groups excluding carboxylic acids is 1. The third-order valence-electron chi connectivity index (χ3n) is 2.92. The van der Waals surface area contributed by atoms with Gasteiger partial charge >= 0.3 is 0 Å². The smallest absolute Gasteiger partial charge is 0.125 e. The van der Waals surface area contributed by atoms with Gasteiger partial charge in [-0.2, -0.15) is 0 Å². The van der Waals surface area contributed by atoms with Crippen molar-refractivity contribution in [2.75, 3.05) is 5.32 Å². The SMILES string of the molecule is O=CC1CCCC1Nc1cccc(F)c1. The minimum Gasteiger partial charge on any atom is -0.382 e. The van der Waals surface area contributed by atoms with Crippen LogP contribution < -0.4 is 5.32 Å². The zero-order valence-corrected chi connectivity index (χ0v) is 8.45. The van der Waals surface area contributed by atoms with Gasteiger partial charge in [0.1, 0.15) is 12.1 Å². The Bertz CT molecular complexity index is 353. The van der Waals surface area contributed by atoms with Crippen molar-refractivity contribution < 1.29 is 9.18 Å². The van der Waals surface area contributed by atoms with Crippen LogP contribution in [0.1, 0.15) is 19.3 Å². The number of aldehydes is 1. The summed E-state index contributed by atoms with van der Waals surface area (Å²) >= 11 is 0. The molecule has 2 atom stereocenters. The van der Waals surface area contributed by atoms with Gasteiger partial charge in [-0.25, -0.2) is 4.39 Å². The predicted molar refractivity (Wildman–Crippen MR) is 57.2 cm³/mol. The number of hydrogen-bond acceptors (Lipinski definition) is 2. The van der Waals surface area contributed by atoms with E-state index in [1.165, 1.54) is 12.1 Å². The molecule has 1 N–H and O–H groups in total. The summed E-state index contributed by atoms with van der Waals surface area (Å²) in [5, 5.41) is 3.21. The molecule has 3 heteroatoms. The van der Waals surface area contributed by atoms with E-state index in [4.69, 9.17) is 0 Å². The predicted octanol–water partition coefficient (Wildman–Crippen LogP) is 2.61. The zero-order chi connectivity index (χ0) is 10.7. The molecule has 0 amide bonds. The fourth-order valence-electron chi connectivity index (χ4n) is 2.12. The van der Waals surface area contributed by atoms with Crippen LogP contribution in [0.3, 0.4) is 0 Å². The highest BCUT2D eigenvalue weighted by atomic mass is 19.1. The maximum Gasteiger partial charge on any atom is 0.125 e. The van der Waals surface area contributed by atoms with E-state index < -0.39 is 0 Å². The Morgan fingerprint density at radius 3 is 3.00 bits per heavy atom. The van der Waals surface area contributed by atoms with E-state index in [1.54, 1.807) is 6.07 Å². The molecule has 0 aromatic heterocycles. The Kier molecular flexibility index (Phi) is 2.99. The average Bonchev–Trinajstić information content (AvgIpc) is 2.65. The molecular formula is C12H14FNO. The lowest BCUT2D eigenvalue weighted by Gasteiger charge is -2.17. The van der Waals surface area contributed by atoms with Gasteiger partial charge in [0.15, 0.2) is 0 Å². The maximum atomic E-state index is 12.9. The van der Waals surface area contributed by atoms with Gasteiger partial charge in [0.25, 0.3) is 0 Å². The van der Waals surface area contributed by atoms with E-state index in [1.807, 2.05) is 6.07 Å². The van der Waals surface area contributed by atoms with Crippen molar-refractivity contribution >= 4 is 12.0 Å². The summed E-state index contributed by atoms with van der Waals surface area (Å²) in [5.41, 5.74) is 0.758. The molecule has 1 aliphatic carbocycles. The largest absolute Gasteiger partial charge is 0.382 e. The van der Waals surface area contributed by atoms with Crippen LogP contribution in [0.25, 0.3) is 0 Å². The molecule has 1 fully saturated rings. The molecule has 2 rings (SSSR count). The quantitative estimate of drug-likeness (QED) is 0.772.